The number of nitrogens with one attached hydrogen (secondary N) is 1. The first-order chi connectivity index (χ1) is 10.1. The molecule has 1 aromatic rings. The van der Waals surface area contributed by atoms with E-state index in [4.69, 9.17) is 20.4 Å². The van der Waals surface area contributed by atoms with Gasteiger partial charge in [-0.05, 0) is 37.6 Å². The number of amides is 1. The summed E-state index contributed by atoms with van der Waals surface area (Å²) in [5.41, 5.74) is 6.00. The molecule has 2 rings (SSSR count). The predicted octanol–water partition coefficient (Wildman–Crippen LogP) is 1.18. The van der Waals surface area contributed by atoms with Crippen molar-refractivity contribution in [3.63, 3.8) is 0 Å². The number of amidine groups is 1. The Morgan fingerprint density at radius 3 is 2.81 bits per heavy atom. The second kappa shape index (κ2) is 6.94. The van der Waals surface area contributed by atoms with Gasteiger partial charge in [0.1, 0.15) is 12.4 Å². The van der Waals surface area contributed by atoms with Crippen molar-refractivity contribution in [2.24, 2.45) is 16.8 Å². The van der Waals surface area contributed by atoms with E-state index in [-0.39, 0.29) is 30.4 Å². The van der Waals surface area contributed by atoms with Gasteiger partial charge in [0, 0.05) is 12.3 Å². The maximum Gasteiger partial charge on any atom is 0.230 e. The number of anilines is 1. The Hall–Kier alpha value is -2.28. The third-order valence-corrected chi connectivity index (χ3v) is 3.35. The number of nitrogens with two attached hydrogens (primary N) is 1. The number of hydrogen-bond donors (Lipinski definition) is 3. The summed E-state index contributed by atoms with van der Waals surface area (Å²) in [7, 11) is 0. The molecular weight excluding hydrogens is 274 g/mol. The van der Waals surface area contributed by atoms with Crippen LogP contribution < -0.4 is 15.8 Å². The lowest BCUT2D eigenvalue weighted by atomic mass is 10.0. The molecule has 7 nitrogen and oxygen atoms in total. The molecule has 2 unspecified atom stereocenters. The van der Waals surface area contributed by atoms with E-state index < -0.39 is 0 Å². The van der Waals surface area contributed by atoms with Gasteiger partial charge in [-0.2, -0.15) is 0 Å². The number of oxime groups is 1. The summed E-state index contributed by atoms with van der Waals surface area (Å²) < 4.78 is 10.7. The van der Waals surface area contributed by atoms with E-state index in [1.165, 1.54) is 0 Å². The summed E-state index contributed by atoms with van der Waals surface area (Å²) in [4.78, 5) is 12.1. The smallest absolute Gasteiger partial charge is 0.230 e. The first kappa shape index (κ1) is 15.1. The van der Waals surface area contributed by atoms with Crippen LogP contribution in [0.4, 0.5) is 5.69 Å². The SMILES string of the molecule is CC1OCCC1C(=O)Nc1ccc(OCC(N)=NO)cc1. The summed E-state index contributed by atoms with van der Waals surface area (Å²) in [5.74, 6) is 0.409. The second-order valence-corrected chi connectivity index (χ2v) is 4.86. The molecule has 21 heavy (non-hydrogen) atoms. The van der Waals surface area contributed by atoms with E-state index in [2.05, 4.69) is 10.5 Å². The fourth-order valence-corrected chi connectivity index (χ4v) is 2.13. The zero-order chi connectivity index (χ0) is 15.2. The molecular formula is C14H19N3O4. The zero-order valence-corrected chi connectivity index (χ0v) is 11.8. The number of rotatable bonds is 5. The van der Waals surface area contributed by atoms with Gasteiger partial charge in [-0.3, -0.25) is 4.79 Å². The van der Waals surface area contributed by atoms with Crippen LogP contribution >= 0.6 is 0 Å². The quantitative estimate of drug-likeness (QED) is 0.327. The van der Waals surface area contributed by atoms with Crippen molar-refractivity contribution in [3.8, 4) is 5.75 Å². The van der Waals surface area contributed by atoms with Crippen molar-refractivity contribution in [2.45, 2.75) is 19.4 Å². The summed E-state index contributed by atoms with van der Waals surface area (Å²) in [6.45, 7) is 2.53. The zero-order valence-electron chi connectivity index (χ0n) is 11.8. The van der Waals surface area contributed by atoms with Gasteiger partial charge in [0.2, 0.25) is 5.91 Å². The minimum atomic E-state index is -0.110. The highest BCUT2D eigenvalue weighted by atomic mass is 16.5. The highest BCUT2D eigenvalue weighted by Crippen LogP contribution is 2.23. The van der Waals surface area contributed by atoms with E-state index in [0.717, 1.165) is 6.42 Å². The van der Waals surface area contributed by atoms with Gasteiger partial charge in [-0.1, -0.05) is 5.16 Å². The van der Waals surface area contributed by atoms with Crippen molar-refractivity contribution < 1.29 is 19.5 Å². The maximum absolute atomic E-state index is 12.1. The molecule has 0 spiro atoms. The summed E-state index contributed by atoms with van der Waals surface area (Å²) >= 11 is 0. The molecule has 1 aliphatic rings. The van der Waals surface area contributed by atoms with E-state index in [0.29, 0.717) is 18.0 Å². The molecule has 1 aliphatic heterocycles. The van der Waals surface area contributed by atoms with Crippen LogP contribution in [0.5, 0.6) is 5.75 Å². The van der Waals surface area contributed by atoms with Crippen molar-refractivity contribution >= 4 is 17.4 Å². The van der Waals surface area contributed by atoms with Gasteiger partial charge in [0.15, 0.2) is 5.84 Å². The van der Waals surface area contributed by atoms with Crippen molar-refractivity contribution in [2.75, 3.05) is 18.5 Å². The first-order valence-corrected chi connectivity index (χ1v) is 6.72. The lowest BCUT2D eigenvalue weighted by Crippen LogP contribution is -2.27. The first-order valence-electron chi connectivity index (χ1n) is 6.72. The Morgan fingerprint density at radius 2 is 2.24 bits per heavy atom. The van der Waals surface area contributed by atoms with E-state index >= 15 is 0 Å². The molecule has 114 valence electrons. The Bertz CT molecular complexity index is 515. The van der Waals surface area contributed by atoms with Crippen molar-refractivity contribution in [1.29, 1.82) is 0 Å². The fourth-order valence-electron chi connectivity index (χ4n) is 2.13. The Labute approximate surface area is 122 Å². The maximum atomic E-state index is 12.1. The van der Waals surface area contributed by atoms with E-state index in [1.54, 1.807) is 24.3 Å². The molecule has 0 aromatic heterocycles. The molecule has 4 N–H and O–H groups in total. The number of ether oxygens (including phenoxy) is 2. The summed E-state index contributed by atoms with van der Waals surface area (Å²) in [5, 5.41) is 14.1. The minimum absolute atomic E-state index is 0.000860. The molecule has 1 saturated heterocycles. The van der Waals surface area contributed by atoms with Gasteiger partial charge in [-0.15, -0.1) is 0 Å². The van der Waals surface area contributed by atoms with E-state index in [1.807, 2.05) is 6.92 Å². The molecule has 0 radical (unpaired) electrons. The topological polar surface area (TPSA) is 106 Å². The highest BCUT2D eigenvalue weighted by molar-refractivity contribution is 5.93. The van der Waals surface area contributed by atoms with Gasteiger partial charge in [0.25, 0.3) is 0 Å². The molecule has 1 fully saturated rings. The van der Waals surface area contributed by atoms with E-state index in [9.17, 15) is 4.79 Å². The van der Waals surface area contributed by atoms with Crippen LogP contribution in [0.3, 0.4) is 0 Å². The van der Waals surface area contributed by atoms with Gasteiger partial charge in [-0.25, -0.2) is 0 Å². The molecule has 1 aromatic carbocycles. The monoisotopic (exact) mass is 293 g/mol. The molecule has 0 aliphatic carbocycles. The van der Waals surface area contributed by atoms with Crippen LogP contribution in [0.1, 0.15) is 13.3 Å². The average molecular weight is 293 g/mol. The third kappa shape index (κ3) is 4.09. The van der Waals surface area contributed by atoms with Crippen LogP contribution in [-0.4, -0.2) is 36.3 Å². The lowest BCUT2D eigenvalue weighted by molar-refractivity contribution is -0.121. The van der Waals surface area contributed by atoms with Crippen LogP contribution in [-0.2, 0) is 9.53 Å². The van der Waals surface area contributed by atoms with Crippen molar-refractivity contribution in [3.05, 3.63) is 24.3 Å². The van der Waals surface area contributed by atoms with Crippen LogP contribution in [0.15, 0.2) is 29.4 Å². The summed E-state index contributed by atoms with van der Waals surface area (Å²) in [6, 6.07) is 6.88. The normalized spacial score (nSPS) is 22.0. The highest BCUT2D eigenvalue weighted by Gasteiger charge is 2.30. The fraction of sp³-hybridized carbons (Fsp3) is 0.429. The lowest BCUT2D eigenvalue weighted by Gasteiger charge is -2.14. The molecule has 1 amide bonds. The van der Waals surface area contributed by atoms with Crippen LogP contribution in [0, 0.1) is 5.92 Å². The third-order valence-electron chi connectivity index (χ3n) is 3.35. The second-order valence-electron chi connectivity index (χ2n) is 4.86. The van der Waals surface area contributed by atoms with Gasteiger partial charge >= 0.3 is 0 Å². The number of carbonyl (C=O) groups excluding carboxylic acids is 1. The van der Waals surface area contributed by atoms with Gasteiger partial charge in [0.05, 0.1) is 12.0 Å². The molecule has 2 atom stereocenters. The number of nitrogens with zero attached hydrogens (tertiary/aromatic N) is 1. The van der Waals surface area contributed by atoms with Crippen molar-refractivity contribution in [1.82, 2.24) is 0 Å². The Kier molecular flexibility index (Phi) is 4.99. The van der Waals surface area contributed by atoms with Crippen LogP contribution in [0.2, 0.25) is 0 Å². The largest absolute Gasteiger partial charge is 0.486 e. The average Bonchev–Trinajstić information content (AvgIpc) is 2.92. The molecule has 1 heterocycles. The van der Waals surface area contributed by atoms with Crippen LogP contribution in [0.25, 0.3) is 0 Å². The summed E-state index contributed by atoms with van der Waals surface area (Å²) in [6.07, 6.45) is 0.696. The standard InChI is InChI=1S/C14H19N3O4/c1-9-12(6-7-20-9)14(18)16-10-2-4-11(5-3-10)21-8-13(15)17-19/h2-5,9,12,19H,6-8H2,1H3,(H2,15,17)(H,16,18). The number of benzene rings is 1. The molecule has 0 saturated carbocycles. The molecule has 7 heteroatoms. The number of carbonyl (C=O) groups is 1. The minimum Gasteiger partial charge on any atom is -0.486 e. The Balaban J connectivity index is 1.88. The van der Waals surface area contributed by atoms with Gasteiger partial charge < -0.3 is 25.7 Å². The number of hydrogen-bond acceptors (Lipinski definition) is 5. The Morgan fingerprint density at radius 1 is 1.52 bits per heavy atom. The predicted molar refractivity (Wildman–Crippen MR) is 77.5 cm³/mol. The molecule has 0 bridgehead atoms.